The summed E-state index contributed by atoms with van der Waals surface area (Å²) < 4.78 is 5.18. The molecule has 1 aromatic heterocycles. The first-order chi connectivity index (χ1) is 13.7. The normalized spacial score (nSPS) is 14.6. The number of imide groups is 1. The van der Waals surface area contributed by atoms with Crippen molar-refractivity contribution in [1.29, 1.82) is 0 Å². The molecule has 8 nitrogen and oxygen atoms in total. The van der Waals surface area contributed by atoms with Gasteiger partial charge in [0.2, 0.25) is 0 Å². The number of aliphatic hydroxyl groups excluding tert-OH is 1. The summed E-state index contributed by atoms with van der Waals surface area (Å²) in [5, 5.41) is 13.0. The van der Waals surface area contributed by atoms with Gasteiger partial charge in [-0.3, -0.25) is 19.8 Å². The summed E-state index contributed by atoms with van der Waals surface area (Å²) in [5.41, 5.74) is 0.607. The SMILES string of the molecule is CC(C)(C)OC(=O)Nc1cc(C(O)CCN2C(=O)c3ccccc3C2=O)ccn1. The van der Waals surface area contributed by atoms with Gasteiger partial charge in [0.15, 0.2) is 0 Å². The molecule has 29 heavy (non-hydrogen) atoms. The van der Waals surface area contributed by atoms with E-state index in [9.17, 15) is 19.5 Å². The molecule has 0 spiro atoms. The molecule has 0 saturated heterocycles. The molecule has 2 aromatic rings. The number of nitrogens with zero attached hydrogens (tertiary/aromatic N) is 2. The number of amides is 3. The van der Waals surface area contributed by atoms with Crippen LogP contribution in [-0.4, -0.2) is 45.0 Å². The van der Waals surface area contributed by atoms with Crippen LogP contribution in [0.4, 0.5) is 10.6 Å². The maximum atomic E-state index is 12.4. The molecule has 0 aliphatic carbocycles. The first-order valence-corrected chi connectivity index (χ1v) is 9.25. The number of fused-ring (bicyclic) bond motifs is 1. The molecular formula is C21H23N3O5. The zero-order chi connectivity index (χ0) is 21.2. The highest BCUT2D eigenvalue weighted by atomic mass is 16.6. The maximum Gasteiger partial charge on any atom is 0.413 e. The van der Waals surface area contributed by atoms with E-state index in [4.69, 9.17) is 4.74 Å². The van der Waals surface area contributed by atoms with Crippen LogP contribution in [0.2, 0.25) is 0 Å². The van der Waals surface area contributed by atoms with E-state index >= 15 is 0 Å². The van der Waals surface area contributed by atoms with E-state index in [0.717, 1.165) is 4.90 Å². The van der Waals surface area contributed by atoms with E-state index in [1.54, 1.807) is 51.1 Å². The van der Waals surface area contributed by atoms with Crippen LogP contribution in [0.25, 0.3) is 0 Å². The van der Waals surface area contributed by atoms with E-state index in [2.05, 4.69) is 10.3 Å². The van der Waals surface area contributed by atoms with E-state index in [1.165, 1.54) is 12.3 Å². The summed E-state index contributed by atoms with van der Waals surface area (Å²) >= 11 is 0. The van der Waals surface area contributed by atoms with Crippen LogP contribution in [0.5, 0.6) is 0 Å². The Bertz CT molecular complexity index is 916. The zero-order valence-electron chi connectivity index (χ0n) is 16.5. The zero-order valence-corrected chi connectivity index (χ0v) is 16.5. The van der Waals surface area contributed by atoms with Crippen LogP contribution >= 0.6 is 0 Å². The monoisotopic (exact) mass is 397 g/mol. The number of hydrogen-bond acceptors (Lipinski definition) is 6. The van der Waals surface area contributed by atoms with E-state index in [1.807, 2.05) is 0 Å². The molecule has 152 valence electrons. The number of nitrogens with one attached hydrogen (secondary N) is 1. The van der Waals surface area contributed by atoms with Crippen molar-refractivity contribution in [3.8, 4) is 0 Å². The Morgan fingerprint density at radius 2 is 1.79 bits per heavy atom. The largest absolute Gasteiger partial charge is 0.444 e. The van der Waals surface area contributed by atoms with Gasteiger partial charge in [0.1, 0.15) is 11.4 Å². The molecule has 2 N–H and O–H groups in total. The summed E-state index contributed by atoms with van der Waals surface area (Å²) in [6, 6.07) is 9.77. The first-order valence-electron chi connectivity index (χ1n) is 9.25. The van der Waals surface area contributed by atoms with Gasteiger partial charge in [-0.15, -0.1) is 0 Å². The van der Waals surface area contributed by atoms with Crippen LogP contribution in [0.1, 0.15) is 59.6 Å². The summed E-state index contributed by atoms with van der Waals surface area (Å²) in [4.78, 5) is 41.8. The highest BCUT2D eigenvalue weighted by Crippen LogP contribution is 2.25. The molecule has 1 aliphatic rings. The minimum absolute atomic E-state index is 0.0741. The molecule has 2 heterocycles. The van der Waals surface area contributed by atoms with Gasteiger partial charge in [-0.1, -0.05) is 12.1 Å². The van der Waals surface area contributed by atoms with Gasteiger partial charge in [-0.25, -0.2) is 9.78 Å². The molecule has 0 saturated carbocycles. The number of pyridine rings is 1. The number of aliphatic hydroxyl groups is 1. The Morgan fingerprint density at radius 1 is 1.17 bits per heavy atom. The number of ether oxygens (including phenoxy) is 1. The number of aromatic nitrogens is 1. The summed E-state index contributed by atoms with van der Waals surface area (Å²) in [5.74, 6) is -0.490. The van der Waals surface area contributed by atoms with Gasteiger partial charge in [-0.05, 0) is 57.0 Å². The van der Waals surface area contributed by atoms with Crippen molar-refractivity contribution in [2.24, 2.45) is 0 Å². The number of hydrogen-bond donors (Lipinski definition) is 2. The minimum atomic E-state index is -0.943. The molecule has 0 fully saturated rings. The number of carbonyl (C=O) groups is 3. The Hall–Kier alpha value is -3.26. The van der Waals surface area contributed by atoms with Crippen molar-refractivity contribution < 1.29 is 24.2 Å². The fourth-order valence-electron chi connectivity index (χ4n) is 2.99. The predicted molar refractivity (Wildman–Crippen MR) is 105 cm³/mol. The van der Waals surface area contributed by atoms with E-state index in [-0.39, 0.29) is 30.6 Å². The highest BCUT2D eigenvalue weighted by Gasteiger charge is 2.35. The Morgan fingerprint density at radius 3 is 2.38 bits per heavy atom. The quantitative estimate of drug-likeness (QED) is 0.750. The number of carbonyl (C=O) groups excluding carboxylic acids is 3. The molecule has 3 amide bonds. The van der Waals surface area contributed by atoms with Gasteiger partial charge in [0.25, 0.3) is 11.8 Å². The smallest absolute Gasteiger partial charge is 0.413 e. The first kappa shape index (κ1) is 20.5. The summed E-state index contributed by atoms with van der Waals surface area (Å²) in [6.45, 7) is 5.32. The molecule has 1 aromatic carbocycles. The van der Waals surface area contributed by atoms with Crippen molar-refractivity contribution in [3.05, 3.63) is 59.3 Å². The van der Waals surface area contributed by atoms with Gasteiger partial charge >= 0.3 is 6.09 Å². The average Bonchev–Trinajstić information content (AvgIpc) is 2.89. The van der Waals surface area contributed by atoms with Gasteiger partial charge < -0.3 is 9.84 Å². The maximum absolute atomic E-state index is 12.4. The molecule has 8 heteroatoms. The Balaban J connectivity index is 1.62. The number of rotatable bonds is 5. The third-order valence-electron chi connectivity index (χ3n) is 4.30. The van der Waals surface area contributed by atoms with Crippen molar-refractivity contribution in [2.45, 2.75) is 38.9 Å². The van der Waals surface area contributed by atoms with Crippen LogP contribution in [-0.2, 0) is 4.74 Å². The Kier molecular flexibility index (Phi) is 5.65. The fraction of sp³-hybridized carbons (Fsp3) is 0.333. The number of benzene rings is 1. The molecule has 1 aliphatic heterocycles. The third-order valence-corrected chi connectivity index (χ3v) is 4.30. The topological polar surface area (TPSA) is 109 Å². The van der Waals surface area contributed by atoms with Crippen LogP contribution in [0, 0.1) is 0 Å². The standard InChI is InChI=1S/C21H23N3O5/c1-21(2,3)29-20(28)23-17-12-13(8-10-22-17)16(25)9-11-24-18(26)14-6-4-5-7-15(14)19(24)27/h4-8,10,12,16,25H,9,11H2,1-3H3,(H,22,23,28). The third kappa shape index (κ3) is 4.78. The second kappa shape index (κ2) is 8.00. The lowest BCUT2D eigenvalue weighted by Gasteiger charge is -2.20. The summed E-state index contributed by atoms with van der Waals surface area (Å²) in [7, 11) is 0. The minimum Gasteiger partial charge on any atom is -0.444 e. The predicted octanol–water partition coefficient (Wildman–Crippen LogP) is 3.15. The van der Waals surface area contributed by atoms with Crippen LogP contribution in [0.3, 0.4) is 0 Å². The second-order valence-electron chi connectivity index (χ2n) is 7.71. The molecule has 1 atom stereocenters. The molecular weight excluding hydrogens is 374 g/mol. The van der Waals surface area contributed by atoms with Crippen molar-refractivity contribution in [2.75, 3.05) is 11.9 Å². The van der Waals surface area contributed by atoms with Crippen LogP contribution in [0.15, 0.2) is 42.6 Å². The second-order valence-corrected chi connectivity index (χ2v) is 7.71. The van der Waals surface area contributed by atoms with Crippen molar-refractivity contribution in [3.63, 3.8) is 0 Å². The lowest BCUT2D eigenvalue weighted by Crippen LogP contribution is -2.31. The van der Waals surface area contributed by atoms with Gasteiger partial charge in [0.05, 0.1) is 17.2 Å². The molecule has 0 radical (unpaired) electrons. The van der Waals surface area contributed by atoms with Gasteiger partial charge in [0, 0.05) is 12.7 Å². The molecule has 0 bridgehead atoms. The fourth-order valence-corrected chi connectivity index (χ4v) is 2.99. The van der Waals surface area contributed by atoms with Crippen molar-refractivity contribution >= 4 is 23.7 Å². The Labute approximate surface area is 168 Å². The van der Waals surface area contributed by atoms with Crippen molar-refractivity contribution in [1.82, 2.24) is 9.88 Å². The highest BCUT2D eigenvalue weighted by molar-refractivity contribution is 6.21. The van der Waals surface area contributed by atoms with Gasteiger partial charge in [-0.2, -0.15) is 0 Å². The molecule has 3 rings (SSSR count). The summed E-state index contributed by atoms with van der Waals surface area (Å²) in [6.07, 6.45) is 0.0124. The van der Waals surface area contributed by atoms with Crippen LogP contribution < -0.4 is 5.32 Å². The lowest BCUT2D eigenvalue weighted by atomic mass is 10.1. The average molecular weight is 397 g/mol. The lowest BCUT2D eigenvalue weighted by molar-refractivity contribution is 0.0611. The number of anilines is 1. The van der Waals surface area contributed by atoms with E-state index < -0.39 is 17.8 Å². The van der Waals surface area contributed by atoms with E-state index in [0.29, 0.717) is 16.7 Å². The molecule has 1 unspecified atom stereocenters.